The molecule has 1 N–H and O–H groups in total. The molecule has 112 valence electrons. The van der Waals surface area contributed by atoms with Gasteiger partial charge in [-0.05, 0) is 24.3 Å². The minimum atomic E-state index is -0.981. The van der Waals surface area contributed by atoms with Crippen LogP contribution in [0.25, 0.3) is 0 Å². The number of benzene rings is 2. The van der Waals surface area contributed by atoms with Crippen LogP contribution in [0.2, 0.25) is 0 Å². The van der Waals surface area contributed by atoms with Crippen LogP contribution in [0.1, 0.15) is 0 Å². The second-order valence-electron chi connectivity index (χ2n) is 3.68. The van der Waals surface area contributed by atoms with Crippen LogP contribution in [0.15, 0.2) is 83.1 Å². The molecule has 2 aromatic carbocycles. The Morgan fingerprint density at radius 1 is 1.00 bits per heavy atom. The van der Waals surface area contributed by atoms with Crippen molar-refractivity contribution in [2.75, 3.05) is 14.2 Å². The summed E-state index contributed by atoms with van der Waals surface area (Å²) in [6, 6.07) is 20.8. The monoisotopic (exact) mass is 304 g/mol. The van der Waals surface area contributed by atoms with Crippen LogP contribution in [0.5, 0.6) is 0 Å². The van der Waals surface area contributed by atoms with Crippen molar-refractivity contribution in [3.63, 3.8) is 0 Å². The molecule has 21 heavy (non-hydrogen) atoms. The number of carbonyl (C=O) groups is 1. The van der Waals surface area contributed by atoms with Crippen LogP contribution >= 0.6 is 11.8 Å². The normalized spacial score (nSPS) is 8.48. The number of hydrogen-bond acceptors (Lipinski definition) is 3. The summed E-state index contributed by atoms with van der Waals surface area (Å²) < 4.78 is 4.25. The fourth-order valence-corrected chi connectivity index (χ4v) is 1.97. The Kier molecular flexibility index (Phi) is 11.7. The van der Waals surface area contributed by atoms with Gasteiger partial charge in [-0.1, -0.05) is 54.7 Å². The van der Waals surface area contributed by atoms with E-state index in [0.717, 1.165) is 6.08 Å². The zero-order valence-electron chi connectivity index (χ0n) is 12.2. The Hall–Kier alpha value is -2.04. The Morgan fingerprint density at radius 3 is 1.52 bits per heavy atom. The van der Waals surface area contributed by atoms with Gasteiger partial charge in [0.25, 0.3) is 0 Å². The van der Waals surface area contributed by atoms with Gasteiger partial charge in [-0.15, -0.1) is 0 Å². The standard InChI is InChI=1S/C12H10S.C3H4O2.C2H6O/c1-3-7-11(8-4-1)13-12-9-5-2-6-10-12;1-2-3(4)5;1-3-2/h1-10H;2H,1H2,(H,4,5);1-2H3. The van der Waals surface area contributed by atoms with Crippen LogP contribution in [-0.2, 0) is 9.53 Å². The number of ether oxygens (including phenoxy) is 1. The van der Waals surface area contributed by atoms with E-state index in [1.807, 2.05) is 12.1 Å². The molecular formula is C17H20O3S. The molecule has 0 aliphatic rings. The second-order valence-corrected chi connectivity index (χ2v) is 4.83. The van der Waals surface area contributed by atoms with Gasteiger partial charge in [0, 0.05) is 30.1 Å². The molecular weight excluding hydrogens is 284 g/mol. The molecule has 0 unspecified atom stereocenters. The molecule has 0 heterocycles. The van der Waals surface area contributed by atoms with Gasteiger partial charge < -0.3 is 9.84 Å². The van der Waals surface area contributed by atoms with Crippen molar-refractivity contribution in [1.82, 2.24) is 0 Å². The highest BCUT2D eigenvalue weighted by atomic mass is 32.2. The van der Waals surface area contributed by atoms with Crippen molar-refractivity contribution in [3.8, 4) is 0 Å². The van der Waals surface area contributed by atoms with Gasteiger partial charge in [-0.3, -0.25) is 0 Å². The van der Waals surface area contributed by atoms with Crippen LogP contribution < -0.4 is 0 Å². The summed E-state index contributed by atoms with van der Waals surface area (Å²) >= 11 is 1.79. The lowest BCUT2D eigenvalue weighted by molar-refractivity contribution is -0.131. The van der Waals surface area contributed by atoms with E-state index in [4.69, 9.17) is 5.11 Å². The molecule has 0 radical (unpaired) electrons. The summed E-state index contributed by atoms with van der Waals surface area (Å²) in [6.45, 7) is 2.96. The van der Waals surface area contributed by atoms with Crippen molar-refractivity contribution < 1.29 is 14.6 Å². The summed E-state index contributed by atoms with van der Waals surface area (Å²) in [7, 11) is 3.25. The molecule has 4 heteroatoms. The number of carboxylic acids is 1. The predicted octanol–water partition coefficient (Wildman–Crippen LogP) is 4.36. The maximum Gasteiger partial charge on any atom is 0.327 e. The van der Waals surface area contributed by atoms with Gasteiger partial charge in [0.2, 0.25) is 0 Å². The van der Waals surface area contributed by atoms with Gasteiger partial charge in [-0.25, -0.2) is 4.79 Å². The number of carboxylic acid groups (broad SMARTS) is 1. The van der Waals surface area contributed by atoms with Crippen LogP contribution in [0.4, 0.5) is 0 Å². The molecule has 2 aromatic rings. The van der Waals surface area contributed by atoms with Gasteiger partial charge in [0.1, 0.15) is 0 Å². The predicted molar refractivity (Wildman–Crippen MR) is 87.8 cm³/mol. The molecule has 0 atom stereocenters. The van der Waals surface area contributed by atoms with Crippen molar-refractivity contribution in [2.45, 2.75) is 9.79 Å². The van der Waals surface area contributed by atoms with Gasteiger partial charge in [0.15, 0.2) is 0 Å². The lowest BCUT2D eigenvalue weighted by Crippen LogP contribution is -1.82. The Balaban J connectivity index is 0.000000422. The van der Waals surface area contributed by atoms with E-state index >= 15 is 0 Å². The van der Waals surface area contributed by atoms with E-state index < -0.39 is 5.97 Å². The lowest BCUT2D eigenvalue weighted by atomic mass is 10.4. The van der Waals surface area contributed by atoms with Crippen molar-refractivity contribution in [2.24, 2.45) is 0 Å². The highest BCUT2D eigenvalue weighted by molar-refractivity contribution is 7.99. The lowest BCUT2D eigenvalue weighted by Gasteiger charge is -1.99. The van der Waals surface area contributed by atoms with Gasteiger partial charge in [0.05, 0.1) is 0 Å². The highest BCUT2D eigenvalue weighted by Crippen LogP contribution is 2.26. The van der Waals surface area contributed by atoms with E-state index in [9.17, 15) is 4.79 Å². The maximum atomic E-state index is 9.25. The molecule has 3 nitrogen and oxygen atoms in total. The number of hydrogen-bond donors (Lipinski definition) is 1. The Labute approximate surface area is 130 Å². The molecule has 0 saturated carbocycles. The van der Waals surface area contributed by atoms with E-state index in [1.165, 1.54) is 9.79 Å². The zero-order chi connectivity index (χ0) is 15.9. The fourth-order valence-electron chi connectivity index (χ4n) is 1.11. The molecule has 0 aliphatic carbocycles. The number of aliphatic carboxylic acids is 1. The molecule has 0 aromatic heterocycles. The average molecular weight is 304 g/mol. The first-order valence-electron chi connectivity index (χ1n) is 6.17. The summed E-state index contributed by atoms with van der Waals surface area (Å²) in [4.78, 5) is 11.8. The first kappa shape index (κ1) is 19.0. The molecule has 0 amide bonds. The molecule has 0 bridgehead atoms. The summed E-state index contributed by atoms with van der Waals surface area (Å²) in [5.41, 5.74) is 0. The SMILES string of the molecule is C=CC(=O)O.COC.c1ccc(Sc2ccccc2)cc1. The highest BCUT2D eigenvalue weighted by Gasteiger charge is 1.93. The number of rotatable bonds is 3. The smallest absolute Gasteiger partial charge is 0.327 e. The average Bonchev–Trinajstić information content (AvgIpc) is 2.51. The van der Waals surface area contributed by atoms with Crippen molar-refractivity contribution in [3.05, 3.63) is 73.3 Å². The maximum absolute atomic E-state index is 9.25. The number of methoxy groups -OCH3 is 1. The van der Waals surface area contributed by atoms with E-state index in [-0.39, 0.29) is 0 Å². The molecule has 0 fully saturated rings. The first-order valence-corrected chi connectivity index (χ1v) is 6.99. The summed E-state index contributed by atoms with van der Waals surface area (Å²) in [6.07, 6.45) is 0.833. The summed E-state index contributed by atoms with van der Waals surface area (Å²) in [5.74, 6) is -0.981. The Bertz CT molecular complexity index is 460. The van der Waals surface area contributed by atoms with E-state index in [1.54, 1.807) is 26.0 Å². The molecule has 0 aliphatic heterocycles. The van der Waals surface area contributed by atoms with Gasteiger partial charge in [-0.2, -0.15) is 0 Å². The van der Waals surface area contributed by atoms with Crippen LogP contribution in [-0.4, -0.2) is 25.3 Å². The third-order valence-electron chi connectivity index (χ3n) is 1.90. The minimum Gasteiger partial charge on any atom is -0.478 e. The summed E-state index contributed by atoms with van der Waals surface area (Å²) in [5, 5.41) is 7.60. The fraction of sp³-hybridized carbons (Fsp3) is 0.118. The van der Waals surface area contributed by atoms with Crippen LogP contribution in [0.3, 0.4) is 0 Å². The topological polar surface area (TPSA) is 46.5 Å². The molecule has 0 spiro atoms. The van der Waals surface area contributed by atoms with Crippen LogP contribution in [0, 0.1) is 0 Å². The quantitative estimate of drug-likeness (QED) is 0.856. The third-order valence-corrected chi connectivity index (χ3v) is 2.91. The van der Waals surface area contributed by atoms with Crippen molar-refractivity contribution in [1.29, 1.82) is 0 Å². The first-order chi connectivity index (χ1) is 10.1. The largest absolute Gasteiger partial charge is 0.478 e. The zero-order valence-corrected chi connectivity index (χ0v) is 13.0. The molecule has 0 saturated heterocycles. The van der Waals surface area contributed by atoms with Gasteiger partial charge >= 0.3 is 5.97 Å². The minimum absolute atomic E-state index is 0.833. The second kappa shape index (κ2) is 13.0. The third kappa shape index (κ3) is 11.5. The Morgan fingerprint density at radius 2 is 1.29 bits per heavy atom. The van der Waals surface area contributed by atoms with E-state index in [2.05, 4.69) is 59.8 Å². The van der Waals surface area contributed by atoms with Crippen molar-refractivity contribution >= 4 is 17.7 Å². The van der Waals surface area contributed by atoms with E-state index in [0.29, 0.717) is 0 Å². The molecule has 2 rings (SSSR count).